The van der Waals surface area contributed by atoms with Crippen LogP contribution in [0.25, 0.3) is 0 Å². The maximum absolute atomic E-state index is 11.5. The maximum atomic E-state index is 11.5. The lowest BCUT2D eigenvalue weighted by Gasteiger charge is -2.16. The standard InChI is InChI=1S/C13H21N7O/c14-11-17-12(16-6-5-15-10(21)9-3-4-9)19-13(18-11)20-7-1-2-8-20/h9H,1-8H2,(H,15,21)(H3,14,16,17,18,19). The predicted octanol–water partition coefficient (Wildman–Crippen LogP) is -0.00790. The zero-order valence-corrected chi connectivity index (χ0v) is 12.0. The average molecular weight is 291 g/mol. The van der Waals surface area contributed by atoms with E-state index in [0.717, 1.165) is 38.8 Å². The number of aromatic nitrogens is 3. The fourth-order valence-corrected chi connectivity index (χ4v) is 2.37. The molecule has 0 unspecified atom stereocenters. The first-order valence-electron chi connectivity index (χ1n) is 7.50. The first-order chi connectivity index (χ1) is 10.2. The summed E-state index contributed by atoms with van der Waals surface area (Å²) in [4.78, 5) is 26.2. The molecule has 1 aromatic heterocycles. The Morgan fingerprint density at radius 1 is 1.19 bits per heavy atom. The Morgan fingerprint density at radius 3 is 2.67 bits per heavy atom. The van der Waals surface area contributed by atoms with E-state index in [-0.39, 0.29) is 17.8 Å². The van der Waals surface area contributed by atoms with Crippen LogP contribution in [-0.4, -0.2) is 47.0 Å². The van der Waals surface area contributed by atoms with Gasteiger partial charge in [-0.25, -0.2) is 0 Å². The summed E-state index contributed by atoms with van der Waals surface area (Å²) in [6.07, 6.45) is 4.34. The van der Waals surface area contributed by atoms with Gasteiger partial charge in [0.25, 0.3) is 0 Å². The number of anilines is 3. The Kier molecular flexibility index (Phi) is 4.03. The predicted molar refractivity (Wildman–Crippen MR) is 79.9 cm³/mol. The van der Waals surface area contributed by atoms with Crippen LogP contribution in [0.4, 0.5) is 17.8 Å². The van der Waals surface area contributed by atoms with E-state index >= 15 is 0 Å². The molecule has 0 bridgehead atoms. The van der Waals surface area contributed by atoms with Crippen molar-refractivity contribution in [1.29, 1.82) is 0 Å². The van der Waals surface area contributed by atoms with Gasteiger partial charge in [0.1, 0.15) is 0 Å². The van der Waals surface area contributed by atoms with Crippen LogP contribution in [0.15, 0.2) is 0 Å². The molecule has 2 heterocycles. The second-order valence-electron chi connectivity index (χ2n) is 5.50. The Morgan fingerprint density at radius 2 is 1.95 bits per heavy atom. The molecule has 114 valence electrons. The van der Waals surface area contributed by atoms with Gasteiger partial charge in [0, 0.05) is 32.1 Å². The molecule has 0 radical (unpaired) electrons. The van der Waals surface area contributed by atoms with E-state index in [9.17, 15) is 4.79 Å². The monoisotopic (exact) mass is 291 g/mol. The molecule has 2 fully saturated rings. The maximum Gasteiger partial charge on any atom is 0.231 e. The van der Waals surface area contributed by atoms with Crippen LogP contribution in [0, 0.1) is 5.92 Å². The summed E-state index contributed by atoms with van der Waals surface area (Å²) < 4.78 is 0. The van der Waals surface area contributed by atoms with Crippen molar-refractivity contribution in [2.24, 2.45) is 5.92 Å². The highest BCUT2D eigenvalue weighted by atomic mass is 16.2. The van der Waals surface area contributed by atoms with Crippen LogP contribution in [0.1, 0.15) is 25.7 Å². The number of rotatable bonds is 6. The van der Waals surface area contributed by atoms with E-state index in [1.165, 1.54) is 0 Å². The molecule has 3 rings (SSSR count). The quantitative estimate of drug-likeness (QED) is 0.632. The van der Waals surface area contributed by atoms with Gasteiger partial charge in [-0.15, -0.1) is 0 Å². The number of carbonyl (C=O) groups excluding carboxylic acids is 1. The minimum atomic E-state index is 0.143. The number of nitrogens with one attached hydrogen (secondary N) is 2. The average Bonchev–Trinajstić information content (AvgIpc) is 3.17. The molecule has 1 aliphatic heterocycles. The Hall–Kier alpha value is -2.12. The summed E-state index contributed by atoms with van der Waals surface area (Å²) in [6, 6.07) is 0. The molecule has 0 atom stereocenters. The van der Waals surface area contributed by atoms with Gasteiger partial charge >= 0.3 is 0 Å². The summed E-state index contributed by atoms with van der Waals surface area (Å²) in [5.41, 5.74) is 5.73. The SMILES string of the molecule is Nc1nc(NCCNC(=O)C2CC2)nc(N2CCCC2)n1. The minimum Gasteiger partial charge on any atom is -0.368 e. The number of hydrogen-bond donors (Lipinski definition) is 3. The van der Waals surface area contributed by atoms with Crippen molar-refractivity contribution in [1.82, 2.24) is 20.3 Å². The van der Waals surface area contributed by atoms with Crippen molar-refractivity contribution in [3.63, 3.8) is 0 Å². The van der Waals surface area contributed by atoms with Gasteiger partial charge in [0.15, 0.2) is 0 Å². The highest BCUT2D eigenvalue weighted by molar-refractivity contribution is 5.80. The molecule has 4 N–H and O–H groups in total. The number of nitrogens with two attached hydrogens (primary N) is 1. The molecule has 1 saturated heterocycles. The summed E-state index contributed by atoms with van der Waals surface area (Å²) in [7, 11) is 0. The van der Waals surface area contributed by atoms with Gasteiger partial charge in [-0.2, -0.15) is 15.0 Å². The topological polar surface area (TPSA) is 109 Å². The van der Waals surface area contributed by atoms with E-state index in [2.05, 4.69) is 30.5 Å². The Labute approximate surface area is 123 Å². The highest BCUT2D eigenvalue weighted by Gasteiger charge is 2.28. The van der Waals surface area contributed by atoms with Gasteiger partial charge in [0.2, 0.25) is 23.8 Å². The van der Waals surface area contributed by atoms with Gasteiger partial charge in [-0.3, -0.25) is 4.79 Å². The van der Waals surface area contributed by atoms with Crippen molar-refractivity contribution >= 4 is 23.8 Å². The third-order valence-corrected chi connectivity index (χ3v) is 3.69. The molecular weight excluding hydrogens is 270 g/mol. The van der Waals surface area contributed by atoms with E-state index < -0.39 is 0 Å². The highest BCUT2D eigenvalue weighted by Crippen LogP contribution is 2.28. The van der Waals surface area contributed by atoms with Gasteiger partial charge in [0.05, 0.1) is 0 Å². The lowest BCUT2D eigenvalue weighted by molar-refractivity contribution is -0.122. The molecule has 21 heavy (non-hydrogen) atoms. The number of amides is 1. The lowest BCUT2D eigenvalue weighted by Crippen LogP contribution is -2.30. The van der Waals surface area contributed by atoms with E-state index in [1.54, 1.807) is 0 Å². The third kappa shape index (κ3) is 3.71. The van der Waals surface area contributed by atoms with Crippen LogP contribution in [0.3, 0.4) is 0 Å². The Bertz CT molecular complexity index is 511. The van der Waals surface area contributed by atoms with Crippen LogP contribution in [-0.2, 0) is 4.79 Å². The number of nitrogen functional groups attached to an aromatic ring is 1. The fraction of sp³-hybridized carbons (Fsp3) is 0.692. The van der Waals surface area contributed by atoms with Crippen molar-refractivity contribution in [2.45, 2.75) is 25.7 Å². The van der Waals surface area contributed by atoms with Gasteiger partial charge < -0.3 is 21.3 Å². The minimum absolute atomic E-state index is 0.143. The van der Waals surface area contributed by atoms with Crippen molar-refractivity contribution in [2.75, 3.05) is 42.1 Å². The van der Waals surface area contributed by atoms with E-state index in [1.807, 2.05) is 0 Å². The fourth-order valence-electron chi connectivity index (χ4n) is 2.37. The van der Waals surface area contributed by atoms with Crippen molar-refractivity contribution in [3.8, 4) is 0 Å². The van der Waals surface area contributed by atoms with Gasteiger partial charge in [-0.05, 0) is 25.7 Å². The number of hydrogen-bond acceptors (Lipinski definition) is 7. The van der Waals surface area contributed by atoms with Crippen molar-refractivity contribution in [3.05, 3.63) is 0 Å². The lowest BCUT2D eigenvalue weighted by atomic mass is 10.4. The zero-order chi connectivity index (χ0) is 14.7. The van der Waals surface area contributed by atoms with Crippen LogP contribution >= 0.6 is 0 Å². The molecule has 2 aliphatic rings. The summed E-state index contributed by atoms with van der Waals surface area (Å²) in [5, 5.41) is 5.97. The van der Waals surface area contributed by atoms with E-state index in [4.69, 9.17) is 5.73 Å². The first-order valence-corrected chi connectivity index (χ1v) is 7.50. The second kappa shape index (κ2) is 6.11. The third-order valence-electron chi connectivity index (χ3n) is 3.69. The smallest absolute Gasteiger partial charge is 0.231 e. The van der Waals surface area contributed by atoms with Crippen LogP contribution in [0.2, 0.25) is 0 Å². The largest absolute Gasteiger partial charge is 0.368 e. The Balaban J connectivity index is 1.50. The summed E-state index contributed by atoms with van der Waals surface area (Å²) in [5.74, 6) is 1.69. The van der Waals surface area contributed by atoms with Crippen molar-refractivity contribution < 1.29 is 4.79 Å². The van der Waals surface area contributed by atoms with Gasteiger partial charge in [-0.1, -0.05) is 0 Å². The zero-order valence-electron chi connectivity index (χ0n) is 12.0. The van der Waals surface area contributed by atoms with E-state index in [0.29, 0.717) is 25.0 Å². The summed E-state index contributed by atoms with van der Waals surface area (Å²) >= 11 is 0. The molecule has 8 heteroatoms. The molecule has 0 aromatic carbocycles. The molecule has 1 saturated carbocycles. The summed E-state index contributed by atoms with van der Waals surface area (Å²) in [6.45, 7) is 3.04. The molecular formula is C13H21N7O. The second-order valence-corrected chi connectivity index (χ2v) is 5.50. The number of carbonyl (C=O) groups is 1. The number of nitrogens with zero attached hydrogens (tertiary/aromatic N) is 4. The molecule has 1 aromatic rings. The molecule has 0 spiro atoms. The van der Waals surface area contributed by atoms with Crippen LogP contribution in [0.5, 0.6) is 0 Å². The first kappa shape index (κ1) is 13.8. The molecule has 8 nitrogen and oxygen atoms in total. The van der Waals surface area contributed by atoms with Crippen LogP contribution < -0.4 is 21.3 Å². The normalized spacial score (nSPS) is 17.8. The molecule has 1 amide bonds. The molecule has 1 aliphatic carbocycles.